The number of alkyl halides is 3. The van der Waals surface area contributed by atoms with Crippen LogP contribution in [0.1, 0.15) is 22.0 Å². The van der Waals surface area contributed by atoms with Crippen LogP contribution in [0.2, 0.25) is 0 Å². The lowest BCUT2D eigenvalue weighted by molar-refractivity contribution is -0.137. The SMILES string of the molecule is NC(Cc1ccc(C(F)(F)F)cc1)c1cncs1. The fraction of sp³-hybridized carbons (Fsp3) is 0.250. The first kappa shape index (κ1) is 13.0. The monoisotopic (exact) mass is 272 g/mol. The Morgan fingerprint density at radius 3 is 2.39 bits per heavy atom. The van der Waals surface area contributed by atoms with Gasteiger partial charge < -0.3 is 5.73 Å². The molecule has 0 aliphatic heterocycles. The van der Waals surface area contributed by atoms with Gasteiger partial charge in [-0.1, -0.05) is 12.1 Å². The summed E-state index contributed by atoms with van der Waals surface area (Å²) >= 11 is 1.44. The van der Waals surface area contributed by atoms with E-state index in [1.807, 2.05) is 0 Å². The molecule has 0 amide bonds. The van der Waals surface area contributed by atoms with Crippen LogP contribution in [0.15, 0.2) is 36.0 Å². The Hall–Kier alpha value is -1.40. The lowest BCUT2D eigenvalue weighted by Gasteiger charge is -2.11. The van der Waals surface area contributed by atoms with Crippen LogP contribution in [-0.2, 0) is 12.6 Å². The van der Waals surface area contributed by atoms with Crippen molar-refractivity contribution in [1.29, 1.82) is 0 Å². The van der Waals surface area contributed by atoms with Crippen molar-refractivity contribution in [2.45, 2.75) is 18.6 Å². The quantitative estimate of drug-likeness (QED) is 0.930. The fourth-order valence-corrected chi connectivity index (χ4v) is 2.22. The Bertz CT molecular complexity index is 491. The van der Waals surface area contributed by atoms with Gasteiger partial charge in [-0.2, -0.15) is 13.2 Å². The lowest BCUT2D eigenvalue weighted by atomic mass is 10.0. The third kappa shape index (κ3) is 3.08. The van der Waals surface area contributed by atoms with Crippen molar-refractivity contribution in [2.24, 2.45) is 5.73 Å². The van der Waals surface area contributed by atoms with Gasteiger partial charge in [0.05, 0.1) is 11.1 Å². The number of nitrogens with zero attached hydrogens (tertiary/aromatic N) is 1. The van der Waals surface area contributed by atoms with Crippen LogP contribution in [0.4, 0.5) is 13.2 Å². The first-order valence-electron chi connectivity index (χ1n) is 5.27. The Morgan fingerprint density at radius 1 is 1.22 bits per heavy atom. The summed E-state index contributed by atoms with van der Waals surface area (Å²) in [6, 6.07) is 4.85. The molecule has 1 unspecified atom stereocenters. The molecule has 0 radical (unpaired) electrons. The second-order valence-electron chi connectivity index (χ2n) is 3.91. The van der Waals surface area contributed by atoms with Crippen molar-refractivity contribution in [3.63, 3.8) is 0 Å². The first-order chi connectivity index (χ1) is 8.47. The van der Waals surface area contributed by atoms with Crippen LogP contribution in [-0.4, -0.2) is 4.98 Å². The van der Waals surface area contributed by atoms with Crippen LogP contribution < -0.4 is 5.73 Å². The van der Waals surface area contributed by atoms with Gasteiger partial charge in [0.25, 0.3) is 0 Å². The minimum Gasteiger partial charge on any atom is -0.323 e. The van der Waals surface area contributed by atoms with E-state index in [0.29, 0.717) is 6.42 Å². The molecule has 2 N–H and O–H groups in total. The molecule has 0 aliphatic carbocycles. The molecule has 2 rings (SSSR count). The number of aromatic nitrogens is 1. The zero-order chi connectivity index (χ0) is 13.2. The van der Waals surface area contributed by atoms with Gasteiger partial charge in [-0.3, -0.25) is 4.98 Å². The second kappa shape index (κ2) is 5.07. The Labute approximate surface area is 106 Å². The molecule has 96 valence electrons. The number of hydrogen-bond donors (Lipinski definition) is 1. The summed E-state index contributed by atoms with van der Waals surface area (Å²) in [7, 11) is 0. The highest BCUT2D eigenvalue weighted by molar-refractivity contribution is 7.09. The van der Waals surface area contributed by atoms with Gasteiger partial charge in [-0.25, -0.2) is 0 Å². The average Bonchev–Trinajstić information content (AvgIpc) is 2.82. The van der Waals surface area contributed by atoms with E-state index in [1.54, 1.807) is 11.7 Å². The van der Waals surface area contributed by atoms with Gasteiger partial charge in [0, 0.05) is 17.1 Å². The molecule has 1 heterocycles. The number of halogens is 3. The zero-order valence-electron chi connectivity index (χ0n) is 9.32. The maximum Gasteiger partial charge on any atom is 0.416 e. The molecule has 2 aromatic rings. The van der Waals surface area contributed by atoms with E-state index in [9.17, 15) is 13.2 Å². The summed E-state index contributed by atoms with van der Waals surface area (Å²) < 4.78 is 37.1. The first-order valence-corrected chi connectivity index (χ1v) is 6.15. The van der Waals surface area contributed by atoms with Crippen molar-refractivity contribution in [1.82, 2.24) is 4.98 Å². The molecule has 1 aromatic carbocycles. The van der Waals surface area contributed by atoms with Crippen LogP contribution >= 0.6 is 11.3 Å². The molecule has 0 fully saturated rings. The van der Waals surface area contributed by atoms with Gasteiger partial charge >= 0.3 is 6.18 Å². The van der Waals surface area contributed by atoms with E-state index < -0.39 is 11.7 Å². The summed E-state index contributed by atoms with van der Waals surface area (Å²) in [5.74, 6) is 0. The predicted molar refractivity (Wildman–Crippen MR) is 64.2 cm³/mol. The number of benzene rings is 1. The summed E-state index contributed by atoms with van der Waals surface area (Å²) in [4.78, 5) is 4.85. The predicted octanol–water partition coefficient (Wildman–Crippen LogP) is 3.40. The minimum atomic E-state index is -4.29. The number of hydrogen-bond acceptors (Lipinski definition) is 3. The van der Waals surface area contributed by atoms with Gasteiger partial charge in [0.2, 0.25) is 0 Å². The van der Waals surface area contributed by atoms with Crippen molar-refractivity contribution in [3.05, 3.63) is 52.0 Å². The maximum absolute atomic E-state index is 12.4. The van der Waals surface area contributed by atoms with E-state index in [0.717, 1.165) is 22.6 Å². The Kier molecular flexibility index (Phi) is 3.68. The molecule has 0 aliphatic rings. The molecule has 6 heteroatoms. The third-order valence-electron chi connectivity index (χ3n) is 2.55. The zero-order valence-corrected chi connectivity index (χ0v) is 10.1. The van der Waals surface area contributed by atoms with Gasteiger partial charge in [-0.05, 0) is 24.1 Å². The van der Waals surface area contributed by atoms with E-state index in [2.05, 4.69) is 4.98 Å². The molecule has 0 spiro atoms. The molecule has 18 heavy (non-hydrogen) atoms. The number of rotatable bonds is 3. The highest BCUT2D eigenvalue weighted by atomic mass is 32.1. The average molecular weight is 272 g/mol. The molecule has 2 nitrogen and oxygen atoms in total. The largest absolute Gasteiger partial charge is 0.416 e. The number of nitrogens with two attached hydrogens (primary N) is 1. The molecule has 1 aromatic heterocycles. The summed E-state index contributed by atoms with van der Waals surface area (Å²) in [5, 5.41) is 0. The topological polar surface area (TPSA) is 38.9 Å². The van der Waals surface area contributed by atoms with E-state index in [1.165, 1.54) is 23.5 Å². The summed E-state index contributed by atoms with van der Waals surface area (Å²) in [6.07, 6.45) is -2.11. The Balaban J connectivity index is 2.07. The van der Waals surface area contributed by atoms with Crippen LogP contribution in [0.5, 0.6) is 0 Å². The van der Waals surface area contributed by atoms with Crippen molar-refractivity contribution in [3.8, 4) is 0 Å². The number of thiazole rings is 1. The van der Waals surface area contributed by atoms with Crippen molar-refractivity contribution in [2.75, 3.05) is 0 Å². The highest BCUT2D eigenvalue weighted by Gasteiger charge is 2.29. The van der Waals surface area contributed by atoms with E-state index >= 15 is 0 Å². The van der Waals surface area contributed by atoms with Gasteiger partial charge in [0.1, 0.15) is 0 Å². The maximum atomic E-state index is 12.4. The van der Waals surface area contributed by atoms with Gasteiger partial charge in [0.15, 0.2) is 0 Å². The minimum absolute atomic E-state index is 0.228. The second-order valence-corrected chi connectivity index (χ2v) is 4.83. The van der Waals surface area contributed by atoms with Crippen LogP contribution in [0.25, 0.3) is 0 Å². The summed E-state index contributed by atoms with van der Waals surface area (Å²) in [5.41, 5.74) is 7.77. The molecular weight excluding hydrogens is 261 g/mol. The normalized spacial score (nSPS) is 13.6. The molecule has 0 bridgehead atoms. The molecule has 1 atom stereocenters. The van der Waals surface area contributed by atoms with Crippen LogP contribution in [0.3, 0.4) is 0 Å². The van der Waals surface area contributed by atoms with Crippen molar-refractivity contribution < 1.29 is 13.2 Å². The molecule has 0 saturated carbocycles. The lowest BCUT2D eigenvalue weighted by Crippen LogP contribution is -2.12. The smallest absolute Gasteiger partial charge is 0.323 e. The van der Waals surface area contributed by atoms with Gasteiger partial charge in [-0.15, -0.1) is 11.3 Å². The Morgan fingerprint density at radius 2 is 1.89 bits per heavy atom. The molecular formula is C12H11F3N2S. The van der Waals surface area contributed by atoms with Crippen molar-refractivity contribution >= 4 is 11.3 Å². The standard InChI is InChI=1S/C12H11F3N2S/c13-12(14,15)9-3-1-8(2-4-9)5-10(16)11-6-17-7-18-11/h1-4,6-7,10H,5,16H2. The summed E-state index contributed by atoms with van der Waals surface area (Å²) in [6.45, 7) is 0. The fourth-order valence-electron chi connectivity index (χ4n) is 1.59. The highest BCUT2D eigenvalue weighted by Crippen LogP contribution is 2.29. The van der Waals surface area contributed by atoms with E-state index in [4.69, 9.17) is 5.73 Å². The molecule has 0 saturated heterocycles. The third-order valence-corrected chi connectivity index (χ3v) is 3.46. The van der Waals surface area contributed by atoms with E-state index in [-0.39, 0.29) is 6.04 Å². The van der Waals surface area contributed by atoms with Crippen LogP contribution in [0, 0.1) is 0 Å².